The number of anilines is 2. The summed E-state index contributed by atoms with van der Waals surface area (Å²) in [5.41, 5.74) is 1.77. The molecule has 9 nitrogen and oxygen atoms in total. The molecule has 0 fully saturated rings. The van der Waals surface area contributed by atoms with Gasteiger partial charge in [0.1, 0.15) is 6.61 Å². The molecule has 0 radical (unpaired) electrons. The minimum Gasteiger partial charge on any atom is -0.447 e. The van der Waals surface area contributed by atoms with Crippen molar-refractivity contribution < 1.29 is 19.1 Å². The van der Waals surface area contributed by atoms with Crippen LogP contribution in [0.15, 0.2) is 95.7 Å². The number of carbonyl (C=O) groups is 3. The summed E-state index contributed by atoms with van der Waals surface area (Å²) in [7, 11) is 0. The zero-order chi connectivity index (χ0) is 26.7. The first kappa shape index (κ1) is 26.6. The normalized spacial score (nSPS) is 10.4. The number of fused-ring (bicyclic) bond motifs is 1. The number of hydrogen-bond acceptors (Lipinski definition) is 5. The van der Waals surface area contributed by atoms with Crippen molar-refractivity contribution in [2.45, 2.75) is 0 Å². The molecular formula is C28H26BrN5O4. The Labute approximate surface area is 228 Å². The van der Waals surface area contributed by atoms with Gasteiger partial charge in [-0.25, -0.2) is 9.59 Å². The molecule has 4 aromatic rings. The topological polar surface area (TPSA) is 113 Å². The molecule has 194 valence electrons. The fourth-order valence-electron chi connectivity index (χ4n) is 3.77. The smallest absolute Gasteiger partial charge is 0.411 e. The largest absolute Gasteiger partial charge is 0.447 e. The second-order valence-corrected chi connectivity index (χ2v) is 9.07. The quantitative estimate of drug-likeness (QED) is 0.238. The summed E-state index contributed by atoms with van der Waals surface area (Å²) >= 11 is 3.34. The number of benzene rings is 3. The van der Waals surface area contributed by atoms with Crippen molar-refractivity contribution in [1.82, 2.24) is 15.6 Å². The molecule has 0 bridgehead atoms. The number of pyridine rings is 1. The molecule has 38 heavy (non-hydrogen) atoms. The first-order valence-electron chi connectivity index (χ1n) is 11.9. The highest BCUT2D eigenvalue weighted by Gasteiger charge is 2.18. The third kappa shape index (κ3) is 7.30. The van der Waals surface area contributed by atoms with E-state index in [1.165, 1.54) is 6.20 Å². The Balaban J connectivity index is 1.21. The number of nitrogens with one attached hydrogen (secondary N) is 3. The molecule has 0 spiro atoms. The molecule has 0 saturated carbocycles. The van der Waals surface area contributed by atoms with Crippen LogP contribution < -0.4 is 20.9 Å². The first-order valence-corrected chi connectivity index (χ1v) is 12.7. The number of halogens is 1. The lowest BCUT2D eigenvalue weighted by Gasteiger charge is -2.23. The number of carbonyl (C=O) groups excluding carboxylic acids is 3. The van der Waals surface area contributed by atoms with Crippen molar-refractivity contribution in [3.63, 3.8) is 0 Å². The Morgan fingerprint density at radius 1 is 0.868 bits per heavy atom. The average Bonchev–Trinajstić information content (AvgIpc) is 2.94. The zero-order valence-corrected chi connectivity index (χ0v) is 22.0. The predicted octanol–water partition coefficient (Wildman–Crippen LogP) is 5.19. The summed E-state index contributed by atoms with van der Waals surface area (Å²) in [6.45, 7) is 0.567. The maximum atomic E-state index is 13.1. The highest BCUT2D eigenvalue weighted by Crippen LogP contribution is 2.23. The van der Waals surface area contributed by atoms with Crippen LogP contribution in [-0.4, -0.2) is 49.3 Å². The lowest BCUT2D eigenvalue weighted by atomic mass is 10.1. The van der Waals surface area contributed by atoms with Gasteiger partial charge in [0, 0.05) is 41.0 Å². The summed E-state index contributed by atoms with van der Waals surface area (Å²) in [5.74, 6) is -0.238. The summed E-state index contributed by atoms with van der Waals surface area (Å²) in [6, 6.07) is 23.8. The summed E-state index contributed by atoms with van der Waals surface area (Å²) in [5, 5.41) is 10.0. The third-order valence-electron chi connectivity index (χ3n) is 5.53. The van der Waals surface area contributed by atoms with Crippen molar-refractivity contribution in [1.29, 1.82) is 0 Å². The number of amides is 4. The van der Waals surface area contributed by atoms with Crippen molar-refractivity contribution >= 4 is 56.1 Å². The van der Waals surface area contributed by atoms with Gasteiger partial charge in [0.2, 0.25) is 0 Å². The van der Waals surface area contributed by atoms with Crippen LogP contribution in [0.4, 0.5) is 21.0 Å². The first-order chi connectivity index (χ1) is 18.5. The fourth-order valence-corrected chi connectivity index (χ4v) is 4.14. The van der Waals surface area contributed by atoms with E-state index in [0.717, 1.165) is 10.8 Å². The van der Waals surface area contributed by atoms with Gasteiger partial charge in [-0.3, -0.25) is 15.1 Å². The number of urea groups is 1. The predicted molar refractivity (Wildman–Crippen MR) is 150 cm³/mol. The lowest BCUT2D eigenvalue weighted by Crippen LogP contribution is -2.43. The van der Waals surface area contributed by atoms with Gasteiger partial charge in [0.25, 0.3) is 5.91 Å². The summed E-state index contributed by atoms with van der Waals surface area (Å²) in [4.78, 5) is 43.2. The molecule has 0 aliphatic carbocycles. The van der Waals surface area contributed by atoms with Crippen LogP contribution in [0.5, 0.6) is 0 Å². The van der Waals surface area contributed by atoms with Crippen molar-refractivity contribution in [3.8, 4) is 0 Å². The van der Waals surface area contributed by atoms with E-state index in [2.05, 4.69) is 36.9 Å². The maximum Gasteiger partial charge on any atom is 0.411 e. The monoisotopic (exact) mass is 575 g/mol. The van der Waals surface area contributed by atoms with E-state index in [0.29, 0.717) is 21.4 Å². The van der Waals surface area contributed by atoms with Gasteiger partial charge in [-0.15, -0.1) is 0 Å². The molecule has 3 aromatic carbocycles. The molecule has 0 unspecified atom stereocenters. The molecule has 0 atom stereocenters. The summed E-state index contributed by atoms with van der Waals surface area (Å²) in [6.07, 6.45) is 2.49. The van der Waals surface area contributed by atoms with E-state index in [1.807, 2.05) is 66.7 Å². The molecule has 10 heteroatoms. The number of rotatable bonds is 9. The molecule has 1 heterocycles. The zero-order valence-electron chi connectivity index (χ0n) is 20.4. The highest BCUT2D eigenvalue weighted by atomic mass is 79.9. The molecule has 1 aromatic heterocycles. The average molecular weight is 576 g/mol. The van der Waals surface area contributed by atoms with Crippen LogP contribution >= 0.6 is 15.9 Å². The second-order valence-electron chi connectivity index (χ2n) is 8.15. The molecule has 4 amide bonds. The van der Waals surface area contributed by atoms with E-state index in [4.69, 9.17) is 4.74 Å². The Morgan fingerprint density at radius 3 is 2.42 bits per heavy atom. The molecule has 0 aliphatic heterocycles. The molecule has 0 aliphatic rings. The van der Waals surface area contributed by atoms with Crippen molar-refractivity contribution in [2.75, 3.05) is 36.5 Å². The van der Waals surface area contributed by atoms with Crippen molar-refractivity contribution in [2.24, 2.45) is 0 Å². The van der Waals surface area contributed by atoms with Gasteiger partial charge in [-0.2, -0.15) is 0 Å². The number of hydrogen-bond donors (Lipinski definition) is 3. The Bertz CT molecular complexity index is 1410. The van der Waals surface area contributed by atoms with E-state index < -0.39 is 12.1 Å². The van der Waals surface area contributed by atoms with Gasteiger partial charge < -0.3 is 20.3 Å². The van der Waals surface area contributed by atoms with Gasteiger partial charge in [-0.05, 0) is 45.6 Å². The van der Waals surface area contributed by atoms with E-state index in [9.17, 15) is 14.4 Å². The SMILES string of the molecule is O=C(NCCOC(=O)Nc1cccc2ccccc12)NCCN(C(=O)c1cncc(Br)c1)c1ccccc1. The maximum absolute atomic E-state index is 13.1. The minimum atomic E-state index is -0.609. The van der Waals surface area contributed by atoms with Gasteiger partial charge in [0.05, 0.1) is 17.8 Å². The number of aromatic nitrogens is 1. The van der Waals surface area contributed by atoms with Crippen LogP contribution in [0.1, 0.15) is 10.4 Å². The Hall–Kier alpha value is -4.44. The summed E-state index contributed by atoms with van der Waals surface area (Å²) < 4.78 is 5.88. The molecule has 4 rings (SSSR count). The third-order valence-corrected chi connectivity index (χ3v) is 5.97. The van der Waals surface area contributed by atoms with Crippen LogP contribution in [0.3, 0.4) is 0 Å². The number of para-hydroxylation sites is 1. The van der Waals surface area contributed by atoms with E-state index in [-0.39, 0.29) is 32.1 Å². The number of nitrogens with zero attached hydrogens (tertiary/aromatic N) is 2. The van der Waals surface area contributed by atoms with Crippen LogP contribution in [0.25, 0.3) is 10.8 Å². The van der Waals surface area contributed by atoms with Crippen LogP contribution in [0, 0.1) is 0 Å². The second kappa shape index (κ2) is 13.2. The van der Waals surface area contributed by atoms with Gasteiger partial charge >= 0.3 is 12.1 Å². The van der Waals surface area contributed by atoms with E-state index in [1.54, 1.807) is 23.2 Å². The number of ether oxygens (including phenoxy) is 1. The lowest BCUT2D eigenvalue weighted by molar-refractivity contribution is 0.0986. The fraction of sp³-hybridized carbons (Fsp3) is 0.143. The molecular weight excluding hydrogens is 550 g/mol. The van der Waals surface area contributed by atoms with E-state index >= 15 is 0 Å². The van der Waals surface area contributed by atoms with Gasteiger partial charge in [-0.1, -0.05) is 54.6 Å². The van der Waals surface area contributed by atoms with Crippen LogP contribution in [0.2, 0.25) is 0 Å². The highest BCUT2D eigenvalue weighted by molar-refractivity contribution is 9.10. The minimum absolute atomic E-state index is 0.00543. The van der Waals surface area contributed by atoms with Crippen molar-refractivity contribution in [3.05, 3.63) is 101 Å². The molecule has 3 N–H and O–H groups in total. The Morgan fingerprint density at radius 2 is 1.61 bits per heavy atom. The van der Waals surface area contributed by atoms with Gasteiger partial charge in [0.15, 0.2) is 0 Å². The molecule has 0 saturated heterocycles. The Kier molecular flexibility index (Phi) is 9.25. The van der Waals surface area contributed by atoms with Crippen LogP contribution in [-0.2, 0) is 4.74 Å². The standard InChI is InChI=1S/C28H26BrN5O4/c29-22-17-21(18-30-19-22)26(35)34(23-9-2-1-3-10-23)15-13-31-27(36)32-14-16-38-28(37)33-25-12-6-8-20-7-4-5-11-24(20)25/h1-12,17-19H,13-16H2,(H,33,37)(H2,31,32,36).